The van der Waals surface area contributed by atoms with Gasteiger partial charge in [-0.05, 0) is 56.2 Å². The van der Waals surface area contributed by atoms with E-state index in [1.807, 2.05) is 32.4 Å². The van der Waals surface area contributed by atoms with Gasteiger partial charge >= 0.3 is 0 Å². The summed E-state index contributed by atoms with van der Waals surface area (Å²) in [5.74, 6) is -0.955. The number of ether oxygens (including phenoxy) is 1. The third-order valence-corrected chi connectivity index (χ3v) is 7.30. The van der Waals surface area contributed by atoms with Gasteiger partial charge in [-0.25, -0.2) is 19.1 Å². The number of nitrogens with one attached hydrogen (secondary N) is 1. The number of aromatic nitrogens is 2. The highest BCUT2D eigenvalue weighted by Crippen LogP contribution is 2.35. The number of anilines is 2. The Labute approximate surface area is 229 Å². The number of sulfonamides is 1. The highest BCUT2D eigenvalue weighted by molar-refractivity contribution is 7.90. The molecule has 39 heavy (non-hydrogen) atoms. The molecule has 1 aromatic carbocycles. The first-order valence-corrected chi connectivity index (χ1v) is 13.8. The zero-order valence-electron chi connectivity index (χ0n) is 22.1. The number of nitrogen functional groups attached to an aromatic ring is 1. The molecule has 0 atom stereocenters. The second-order valence-electron chi connectivity index (χ2n) is 10.4. The lowest BCUT2D eigenvalue weighted by molar-refractivity contribution is -0.116. The Bertz CT molecular complexity index is 1550. The lowest BCUT2D eigenvalue weighted by atomic mass is 10.0. The van der Waals surface area contributed by atoms with Gasteiger partial charge in [0.1, 0.15) is 23.2 Å². The van der Waals surface area contributed by atoms with E-state index in [1.54, 1.807) is 11.0 Å². The quantitative estimate of drug-likeness (QED) is 0.417. The van der Waals surface area contributed by atoms with Gasteiger partial charge in [0.15, 0.2) is 10.8 Å². The predicted octanol–water partition coefficient (Wildman–Crippen LogP) is 4.07. The lowest BCUT2D eigenvalue weighted by Crippen LogP contribution is -2.41. The number of rotatable bonds is 8. The minimum atomic E-state index is -4.37. The summed E-state index contributed by atoms with van der Waals surface area (Å²) in [6.45, 7) is 7.95. The molecule has 1 fully saturated rings. The fraction of sp³-hybridized carbons (Fsp3) is 0.333. The van der Waals surface area contributed by atoms with Crippen molar-refractivity contribution in [2.45, 2.75) is 44.7 Å². The third-order valence-electron chi connectivity index (χ3n) is 6.07. The summed E-state index contributed by atoms with van der Waals surface area (Å²) in [7, 11) is -4.37. The fourth-order valence-corrected chi connectivity index (χ4v) is 5.19. The van der Waals surface area contributed by atoms with Crippen LogP contribution in [-0.4, -0.2) is 48.8 Å². The Hall–Kier alpha value is -4.06. The number of pyridine rings is 2. The van der Waals surface area contributed by atoms with Crippen LogP contribution in [0.2, 0.25) is 0 Å². The molecule has 0 spiro atoms. The Morgan fingerprint density at radius 3 is 2.59 bits per heavy atom. The van der Waals surface area contributed by atoms with E-state index in [1.165, 1.54) is 42.5 Å². The number of halogens is 1. The van der Waals surface area contributed by atoms with Crippen molar-refractivity contribution in [3.05, 3.63) is 59.9 Å². The highest BCUT2D eigenvalue weighted by atomic mass is 32.2. The molecule has 1 saturated heterocycles. The van der Waals surface area contributed by atoms with E-state index < -0.39 is 32.3 Å². The van der Waals surface area contributed by atoms with Gasteiger partial charge in [0.2, 0.25) is 0 Å². The molecule has 1 amide bonds. The topological polar surface area (TPSA) is 145 Å². The number of nitrogens with zero attached hydrogens (tertiary/aromatic N) is 3. The molecule has 3 aromatic rings. The normalized spacial score (nSPS) is 15.0. The van der Waals surface area contributed by atoms with Crippen molar-refractivity contribution in [1.82, 2.24) is 14.7 Å². The van der Waals surface area contributed by atoms with Crippen molar-refractivity contribution >= 4 is 33.3 Å². The number of nitrogens with two attached hydrogens (primary N) is 1. The molecular weight excluding hydrogens is 525 g/mol. The van der Waals surface area contributed by atoms with E-state index >= 15 is 0 Å². The second-order valence-corrected chi connectivity index (χ2v) is 12.0. The molecule has 1 aliphatic rings. The van der Waals surface area contributed by atoms with Crippen LogP contribution in [0.5, 0.6) is 5.75 Å². The van der Waals surface area contributed by atoms with Crippen molar-refractivity contribution in [3.63, 3.8) is 0 Å². The van der Waals surface area contributed by atoms with Crippen molar-refractivity contribution in [3.8, 4) is 17.0 Å². The molecule has 10 nitrogen and oxygen atoms in total. The van der Waals surface area contributed by atoms with Crippen LogP contribution in [0, 0.1) is 11.7 Å². The van der Waals surface area contributed by atoms with Crippen molar-refractivity contribution in [1.29, 1.82) is 0 Å². The smallest absolute Gasteiger partial charge is 0.281 e. The molecule has 210 valence electrons. The number of amides is 1. The van der Waals surface area contributed by atoms with Crippen LogP contribution < -0.4 is 20.1 Å². The third kappa shape index (κ3) is 6.33. The molecule has 3 N–H and O–H groups in total. The van der Waals surface area contributed by atoms with Crippen LogP contribution >= 0.6 is 0 Å². The molecule has 0 bridgehead atoms. The zero-order chi connectivity index (χ0) is 28.5. The highest BCUT2D eigenvalue weighted by Gasteiger charge is 2.40. The van der Waals surface area contributed by atoms with Crippen LogP contribution in [0.4, 0.5) is 16.0 Å². The van der Waals surface area contributed by atoms with Gasteiger partial charge in [-0.3, -0.25) is 9.59 Å². The van der Waals surface area contributed by atoms with Gasteiger partial charge in [-0.2, -0.15) is 8.42 Å². The maximum atomic E-state index is 14.5. The number of benzene rings is 1. The second kappa shape index (κ2) is 10.6. The van der Waals surface area contributed by atoms with Gasteiger partial charge in [0.05, 0.1) is 24.4 Å². The Morgan fingerprint density at radius 1 is 1.21 bits per heavy atom. The SMILES string of the molecule is CC(C)COc1cc(F)cc(-c2ccc(C(=O)NS(=O)(=O)c3cccc(N)n3)c(N3CC(=O)CC3(C)C)n2)c1.[HH].[HH]. The first-order chi connectivity index (χ1) is 18.2. The molecule has 4 rings (SSSR count). The molecule has 3 heterocycles. The van der Waals surface area contributed by atoms with Crippen molar-refractivity contribution in [2.75, 3.05) is 23.8 Å². The number of hydrogen-bond acceptors (Lipinski definition) is 9. The fourth-order valence-electron chi connectivity index (χ4n) is 4.24. The van der Waals surface area contributed by atoms with E-state index in [9.17, 15) is 22.4 Å². The molecular formula is C27H34FN5O5S. The van der Waals surface area contributed by atoms with Crippen molar-refractivity contribution in [2.24, 2.45) is 5.92 Å². The molecule has 12 heteroatoms. The summed E-state index contributed by atoms with van der Waals surface area (Å²) >= 11 is 0. The Kier molecular flexibility index (Phi) is 7.60. The summed E-state index contributed by atoms with van der Waals surface area (Å²) in [5.41, 5.74) is 5.51. The maximum absolute atomic E-state index is 14.5. The van der Waals surface area contributed by atoms with Gasteiger partial charge in [-0.15, -0.1) is 0 Å². The molecule has 0 radical (unpaired) electrons. The Morgan fingerprint density at radius 2 is 1.95 bits per heavy atom. The van der Waals surface area contributed by atoms with Gasteiger partial charge in [0, 0.05) is 26.4 Å². The molecule has 2 aromatic heterocycles. The van der Waals surface area contributed by atoms with Gasteiger partial charge < -0.3 is 15.4 Å². The van der Waals surface area contributed by atoms with Crippen LogP contribution in [0.15, 0.2) is 53.6 Å². The molecule has 0 unspecified atom stereocenters. The standard InChI is InChI=1S/C27H30FN5O5S.2H2/c1-16(2)15-38-20-11-17(10-18(28)12-20)22-9-8-21(25(30-22)33-14-19(34)13-27(33,3)4)26(35)32-39(36,37)24-7-5-6-23(29)31-24;;/h5-12,16H,13-15H2,1-4H3,(H2,29,31)(H,32,35);2*1H. The van der Waals surface area contributed by atoms with E-state index in [-0.39, 0.29) is 44.7 Å². The monoisotopic (exact) mass is 559 g/mol. The van der Waals surface area contributed by atoms with E-state index in [0.717, 1.165) is 0 Å². The summed E-state index contributed by atoms with van der Waals surface area (Å²) in [6, 6.07) is 11.1. The first-order valence-electron chi connectivity index (χ1n) is 12.3. The van der Waals surface area contributed by atoms with Gasteiger partial charge in [0.25, 0.3) is 15.9 Å². The average molecular weight is 560 g/mol. The van der Waals surface area contributed by atoms with Crippen LogP contribution in [0.1, 0.15) is 47.3 Å². The largest absolute Gasteiger partial charge is 0.493 e. The number of Topliss-reactive ketones (excluding diaryl/α,β-unsaturated/α-hetero) is 1. The number of hydrogen-bond donors (Lipinski definition) is 2. The summed E-state index contributed by atoms with van der Waals surface area (Å²) in [5, 5.41) is -0.424. The van der Waals surface area contributed by atoms with Crippen LogP contribution in [0.25, 0.3) is 11.3 Å². The minimum absolute atomic E-state index is 0. The summed E-state index contributed by atoms with van der Waals surface area (Å²) in [6.07, 6.45) is 0.207. The van der Waals surface area contributed by atoms with E-state index in [2.05, 4.69) is 9.97 Å². The van der Waals surface area contributed by atoms with E-state index in [4.69, 9.17) is 10.5 Å². The molecule has 0 saturated carbocycles. The van der Waals surface area contributed by atoms with E-state index in [0.29, 0.717) is 23.6 Å². The Balaban J connectivity index is 0.00000294. The lowest BCUT2D eigenvalue weighted by Gasteiger charge is -2.33. The maximum Gasteiger partial charge on any atom is 0.281 e. The predicted molar refractivity (Wildman–Crippen MR) is 149 cm³/mol. The summed E-state index contributed by atoms with van der Waals surface area (Å²) < 4.78 is 47.9. The molecule has 1 aliphatic heterocycles. The van der Waals surface area contributed by atoms with Gasteiger partial charge in [-0.1, -0.05) is 19.9 Å². The zero-order valence-corrected chi connectivity index (χ0v) is 22.9. The number of ketones is 1. The average Bonchev–Trinajstić information content (AvgIpc) is 3.13. The number of carbonyl (C=O) groups is 2. The minimum Gasteiger partial charge on any atom is -0.493 e. The number of carbonyl (C=O) groups excluding carboxylic acids is 2. The summed E-state index contributed by atoms with van der Waals surface area (Å²) in [4.78, 5) is 35.8. The first kappa shape index (κ1) is 28.0. The van der Waals surface area contributed by atoms with Crippen LogP contribution in [-0.2, 0) is 14.8 Å². The van der Waals surface area contributed by atoms with Crippen molar-refractivity contribution < 1.29 is 30.0 Å². The van der Waals surface area contributed by atoms with Crippen LogP contribution in [0.3, 0.4) is 0 Å². The molecule has 0 aliphatic carbocycles.